The van der Waals surface area contributed by atoms with Crippen LogP contribution in [-0.4, -0.2) is 30.4 Å². The van der Waals surface area contributed by atoms with Crippen molar-refractivity contribution in [3.05, 3.63) is 95.1 Å². The van der Waals surface area contributed by atoms with Gasteiger partial charge in [0, 0.05) is 0 Å². The Labute approximate surface area is 206 Å². The molecule has 9 heteroatoms. The zero-order valence-electron chi connectivity index (χ0n) is 19.2. The monoisotopic (exact) mass is 485 g/mol. The van der Waals surface area contributed by atoms with Gasteiger partial charge >= 0.3 is 6.03 Å². The van der Waals surface area contributed by atoms with E-state index in [1.165, 1.54) is 18.2 Å². The van der Waals surface area contributed by atoms with Gasteiger partial charge in [-0.2, -0.15) is 0 Å². The number of barbiturate groups is 1. The van der Waals surface area contributed by atoms with Crippen LogP contribution in [0.3, 0.4) is 0 Å². The number of carbonyl (C=O) groups excluding carboxylic acids is 4. The second-order valence-corrected chi connectivity index (χ2v) is 7.73. The van der Waals surface area contributed by atoms with E-state index in [4.69, 9.17) is 9.47 Å². The van der Waals surface area contributed by atoms with Crippen molar-refractivity contribution < 1.29 is 33.8 Å². The molecular formula is C27H21N2O7-. The molecule has 3 aromatic carbocycles. The van der Waals surface area contributed by atoms with Crippen LogP contribution in [0.15, 0.2) is 78.4 Å². The van der Waals surface area contributed by atoms with Gasteiger partial charge in [-0.05, 0) is 72.2 Å². The average Bonchev–Trinajstić information content (AvgIpc) is 2.87. The SMILES string of the molecule is CCOc1ccc(N2C(=O)NC(=O)/C(=C\c3ccc(OCc4cccc(C(=O)[O-])c4)cc3)C2=O)cc1. The topological polar surface area (TPSA) is 125 Å². The highest BCUT2D eigenvalue weighted by Crippen LogP contribution is 2.25. The van der Waals surface area contributed by atoms with Gasteiger partial charge in [-0.1, -0.05) is 30.3 Å². The quantitative estimate of drug-likeness (QED) is 0.384. The van der Waals surface area contributed by atoms with Crippen LogP contribution in [0.5, 0.6) is 11.5 Å². The number of nitrogens with zero attached hydrogens (tertiary/aromatic N) is 1. The summed E-state index contributed by atoms with van der Waals surface area (Å²) in [6.45, 7) is 2.46. The van der Waals surface area contributed by atoms with Gasteiger partial charge in [0.25, 0.3) is 11.8 Å². The number of amides is 4. The number of ether oxygens (including phenoxy) is 2. The van der Waals surface area contributed by atoms with Gasteiger partial charge in [0.2, 0.25) is 0 Å². The molecule has 0 unspecified atom stereocenters. The molecule has 1 fully saturated rings. The fourth-order valence-electron chi connectivity index (χ4n) is 3.53. The minimum absolute atomic E-state index is 0.0614. The highest BCUT2D eigenvalue weighted by atomic mass is 16.5. The van der Waals surface area contributed by atoms with E-state index >= 15 is 0 Å². The third-order valence-corrected chi connectivity index (χ3v) is 5.27. The summed E-state index contributed by atoms with van der Waals surface area (Å²) in [7, 11) is 0. The summed E-state index contributed by atoms with van der Waals surface area (Å²) in [6.07, 6.45) is 1.39. The first kappa shape index (κ1) is 24.2. The van der Waals surface area contributed by atoms with Crippen molar-refractivity contribution in [3.63, 3.8) is 0 Å². The van der Waals surface area contributed by atoms with Crippen molar-refractivity contribution >= 4 is 35.6 Å². The molecule has 1 saturated heterocycles. The minimum atomic E-state index is -1.27. The summed E-state index contributed by atoms with van der Waals surface area (Å²) >= 11 is 0. The second-order valence-electron chi connectivity index (χ2n) is 7.73. The van der Waals surface area contributed by atoms with E-state index in [1.54, 1.807) is 60.7 Å². The van der Waals surface area contributed by atoms with Crippen molar-refractivity contribution in [1.29, 1.82) is 0 Å². The first-order valence-corrected chi connectivity index (χ1v) is 11.0. The number of urea groups is 1. The largest absolute Gasteiger partial charge is 0.545 e. The van der Waals surface area contributed by atoms with E-state index < -0.39 is 23.8 Å². The molecule has 4 amide bonds. The Balaban J connectivity index is 1.48. The predicted octanol–water partition coefficient (Wildman–Crippen LogP) is 2.69. The fraction of sp³-hybridized carbons (Fsp3) is 0.111. The van der Waals surface area contributed by atoms with E-state index in [0.29, 0.717) is 34.9 Å². The minimum Gasteiger partial charge on any atom is -0.545 e. The van der Waals surface area contributed by atoms with Crippen LogP contribution in [0.1, 0.15) is 28.4 Å². The molecule has 1 aliphatic rings. The van der Waals surface area contributed by atoms with Gasteiger partial charge < -0.3 is 19.4 Å². The molecule has 182 valence electrons. The number of anilines is 1. The summed E-state index contributed by atoms with van der Waals surface area (Å²) < 4.78 is 11.1. The average molecular weight is 485 g/mol. The van der Waals surface area contributed by atoms with Crippen molar-refractivity contribution in [2.45, 2.75) is 13.5 Å². The lowest BCUT2D eigenvalue weighted by molar-refractivity contribution is -0.255. The summed E-state index contributed by atoms with van der Waals surface area (Å²) in [5.74, 6) is -1.71. The number of rotatable bonds is 8. The van der Waals surface area contributed by atoms with E-state index in [0.717, 1.165) is 4.90 Å². The first-order valence-electron chi connectivity index (χ1n) is 11.0. The van der Waals surface area contributed by atoms with Gasteiger partial charge in [-0.3, -0.25) is 14.9 Å². The zero-order valence-corrected chi connectivity index (χ0v) is 19.2. The maximum atomic E-state index is 13.0. The summed E-state index contributed by atoms with van der Waals surface area (Å²) in [4.78, 5) is 49.7. The highest BCUT2D eigenvalue weighted by molar-refractivity contribution is 6.39. The van der Waals surface area contributed by atoms with Crippen LogP contribution >= 0.6 is 0 Å². The number of carboxylic acid groups (broad SMARTS) is 1. The van der Waals surface area contributed by atoms with Crippen LogP contribution in [0, 0.1) is 0 Å². The third kappa shape index (κ3) is 5.41. The van der Waals surface area contributed by atoms with Gasteiger partial charge in [0.05, 0.1) is 18.3 Å². The molecule has 4 rings (SSSR count). The Bertz CT molecular complexity index is 1350. The van der Waals surface area contributed by atoms with Crippen molar-refractivity contribution in [1.82, 2.24) is 5.32 Å². The maximum Gasteiger partial charge on any atom is 0.335 e. The van der Waals surface area contributed by atoms with E-state index in [9.17, 15) is 24.3 Å². The van der Waals surface area contributed by atoms with Crippen LogP contribution in [0.4, 0.5) is 10.5 Å². The van der Waals surface area contributed by atoms with E-state index in [-0.39, 0.29) is 17.7 Å². The maximum absolute atomic E-state index is 13.0. The molecule has 1 aliphatic heterocycles. The molecule has 9 nitrogen and oxygen atoms in total. The Morgan fingerprint density at radius 2 is 1.61 bits per heavy atom. The zero-order chi connectivity index (χ0) is 25.7. The first-order chi connectivity index (χ1) is 17.4. The molecule has 1 N–H and O–H groups in total. The van der Waals surface area contributed by atoms with Gasteiger partial charge in [0.1, 0.15) is 23.7 Å². The number of hydrogen-bond acceptors (Lipinski definition) is 7. The molecule has 0 spiro atoms. The smallest absolute Gasteiger partial charge is 0.335 e. The lowest BCUT2D eigenvalue weighted by Gasteiger charge is -2.26. The molecule has 0 aromatic heterocycles. The number of carbonyl (C=O) groups is 4. The molecule has 3 aromatic rings. The van der Waals surface area contributed by atoms with Gasteiger partial charge in [0.15, 0.2) is 0 Å². The number of imide groups is 2. The Kier molecular flexibility index (Phi) is 7.10. The van der Waals surface area contributed by atoms with Crippen LogP contribution < -0.4 is 24.8 Å². The number of carboxylic acids is 1. The number of hydrogen-bond donors (Lipinski definition) is 1. The summed E-state index contributed by atoms with van der Waals surface area (Å²) in [5.41, 5.74) is 1.36. The molecule has 1 heterocycles. The number of nitrogens with one attached hydrogen (secondary N) is 1. The Morgan fingerprint density at radius 3 is 2.28 bits per heavy atom. The van der Waals surface area contributed by atoms with Crippen molar-refractivity contribution in [2.75, 3.05) is 11.5 Å². The Hall–Kier alpha value is -4.92. The molecule has 36 heavy (non-hydrogen) atoms. The van der Waals surface area contributed by atoms with Crippen molar-refractivity contribution in [3.8, 4) is 11.5 Å². The number of benzene rings is 3. The molecule has 0 bridgehead atoms. The standard InChI is InChI=1S/C27H22N2O7/c1-2-35-21-12-8-20(9-13-21)29-25(31)23(24(30)28-27(29)34)15-17-6-10-22(11-7-17)36-16-18-4-3-5-19(14-18)26(32)33/h3-15H,2,16H2,1H3,(H,32,33)(H,28,30,34)/p-1/b23-15+. The third-order valence-electron chi connectivity index (χ3n) is 5.27. The molecule has 0 saturated carbocycles. The van der Waals surface area contributed by atoms with E-state index in [2.05, 4.69) is 5.32 Å². The summed E-state index contributed by atoms with van der Waals surface area (Å²) in [5, 5.41) is 13.2. The molecule has 0 aliphatic carbocycles. The lowest BCUT2D eigenvalue weighted by atomic mass is 10.1. The predicted molar refractivity (Wildman–Crippen MR) is 128 cm³/mol. The van der Waals surface area contributed by atoms with Crippen LogP contribution in [0.2, 0.25) is 0 Å². The highest BCUT2D eigenvalue weighted by Gasteiger charge is 2.36. The normalized spacial score (nSPS) is 14.5. The molecular weight excluding hydrogens is 464 g/mol. The number of aromatic carboxylic acids is 1. The Morgan fingerprint density at radius 1 is 0.944 bits per heavy atom. The van der Waals surface area contributed by atoms with Gasteiger partial charge in [-0.15, -0.1) is 0 Å². The van der Waals surface area contributed by atoms with Crippen LogP contribution in [-0.2, 0) is 16.2 Å². The molecule has 0 radical (unpaired) electrons. The lowest BCUT2D eigenvalue weighted by Crippen LogP contribution is -2.54. The summed E-state index contributed by atoms with van der Waals surface area (Å²) in [6, 6.07) is 18.4. The van der Waals surface area contributed by atoms with Crippen LogP contribution in [0.25, 0.3) is 6.08 Å². The molecule has 0 atom stereocenters. The van der Waals surface area contributed by atoms with Crippen molar-refractivity contribution in [2.24, 2.45) is 0 Å². The fourth-order valence-corrected chi connectivity index (χ4v) is 3.53. The van der Waals surface area contributed by atoms with E-state index in [1.807, 2.05) is 6.92 Å². The van der Waals surface area contributed by atoms with Gasteiger partial charge in [-0.25, -0.2) is 9.69 Å². The second kappa shape index (κ2) is 10.6.